The van der Waals surface area contributed by atoms with Crippen molar-refractivity contribution < 1.29 is 9.59 Å². The molecule has 1 heterocycles. The van der Waals surface area contributed by atoms with Crippen LogP contribution >= 0.6 is 0 Å². The van der Waals surface area contributed by atoms with E-state index < -0.39 is 5.54 Å². The summed E-state index contributed by atoms with van der Waals surface area (Å²) in [5.74, 6) is 1.00. The normalized spacial score (nSPS) is 35.4. The number of rotatable bonds is 3. The molecule has 2 aliphatic carbocycles. The largest absolute Gasteiger partial charge is 0.342 e. The van der Waals surface area contributed by atoms with Gasteiger partial charge in [-0.15, -0.1) is 0 Å². The molecule has 0 bridgehead atoms. The van der Waals surface area contributed by atoms with Gasteiger partial charge in [-0.25, -0.2) is 0 Å². The number of amides is 2. The van der Waals surface area contributed by atoms with Crippen molar-refractivity contribution in [2.75, 3.05) is 13.1 Å². The maximum absolute atomic E-state index is 13.0. The molecular weight excluding hydrogens is 264 g/mol. The van der Waals surface area contributed by atoms with Crippen molar-refractivity contribution in [2.24, 2.45) is 22.7 Å². The molecule has 3 aliphatic rings. The van der Waals surface area contributed by atoms with Crippen LogP contribution in [0.3, 0.4) is 0 Å². The summed E-state index contributed by atoms with van der Waals surface area (Å²) in [6, 6.07) is 0. The standard InChI is InChI=1S/C17H28N2O2/c1-15(2)12(16(15,3)4)10-19-9-8-13(20)18-17(5,14(19)21)11-6-7-11/h11-12H,6-10H2,1-5H3,(H,18,20). The van der Waals surface area contributed by atoms with Gasteiger partial charge in [-0.1, -0.05) is 27.7 Å². The number of carbonyl (C=O) groups is 2. The minimum Gasteiger partial charge on any atom is -0.342 e. The van der Waals surface area contributed by atoms with Crippen molar-refractivity contribution in [3.8, 4) is 0 Å². The van der Waals surface area contributed by atoms with E-state index in [9.17, 15) is 9.59 Å². The van der Waals surface area contributed by atoms with Crippen molar-refractivity contribution in [2.45, 2.75) is 59.4 Å². The second kappa shape index (κ2) is 4.23. The first-order chi connectivity index (χ1) is 9.60. The van der Waals surface area contributed by atoms with Crippen molar-refractivity contribution in [3.63, 3.8) is 0 Å². The lowest BCUT2D eigenvalue weighted by Crippen LogP contribution is -2.57. The van der Waals surface area contributed by atoms with E-state index in [0.717, 1.165) is 19.4 Å². The zero-order valence-corrected chi connectivity index (χ0v) is 14.0. The maximum atomic E-state index is 13.0. The molecule has 1 aliphatic heterocycles. The Labute approximate surface area is 127 Å². The number of carbonyl (C=O) groups excluding carboxylic acids is 2. The Bertz CT molecular complexity index is 479. The van der Waals surface area contributed by atoms with Gasteiger partial charge in [0.2, 0.25) is 11.8 Å². The molecule has 21 heavy (non-hydrogen) atoms. The number of hydrogen-bond donors (Lipinski definition) is 1. The Morgan fingerprint density at radius 1 is 1.10 bits per heavy atom. The van der Waals surface area contributed by atoms with E-state index in [0.29, 0.717) is 24.8 Å². The van der Waals surface area contributed by atoms with Gasteiger partial charge in [0, 0.05) is 19.5 Å². The third-order valence-corrected chi connectivity index (χ3v) is 6.86. The molecule has 0 spiro atoms. The molecule has 4 nitrogen and oxygen atoms in total. The lowest BCUT2D eigenvalue weighted by Gasteiger charge is -2.32. The van der Waals surface area contributed by atoms with Gasteiger partial charge in [0.1, 0.15) is 5.54 Å². The van der Waals surface area contributed by atoms with E-state index in [1.54, 1.807) is 0 Å². The van der Waals surface area contributed by atoms with Crippen LogP contribution in [-0.2, 0) is 9.59 Å². The topological polar surface area (TPSA) is 49.4 Å². The van der Waals surface area contributed by atoms with Crippen LogP contribution in [0.2, 0.25) is 0 Å². The molecule has 1 unspecified atom stereocenters. The zero-order chi connectivity index (χ0) is 15.6. The lowest BCUT2D eigenvalue weighted by molar-refractivity contribution is -0.139. The van der Waals surface area contributed by atoms with Gasteiger partial charge in [-0.05, 0) is 42.4 Å². The highest BCUT2D eigenvalue weighted by atomic mass is 16.2. The molecule has 3 rings (SSSR count). The van der Waals surface area contributed by atoms with Gasteiger partial charge in [-0.2, -0.15) is 0 Å². The van der Waals surface area contributed by atoms with Crippen LogP contribution in [0.25, 0.3) is 0 Å². The highest BCUT2D eigenvalue weighted by Gasteiger charge is 2.65. The third-order valence-electron chi connectivity index (χ3n) is 6.86. The fourth-order valence-corrected chi connectivity index (χ4v) is 4.19. The van der Waals surface area contributed by atoms with Crippen LogP contribution in [0.4, 0.5) is 0 Å². The molecule has 2 saturated carbocycles. The van der Waals surface area contributed by atoms with E-state index in [-0.39, 0.29) is 22.6 Å². The van der Waals surface area contributed by atoms with Crippen molar-refractivity contribution in [1.29, 1.82) is 0 Å². The third kappa shape index (κ3) is 2.09. The summed E-state index contributed by atoms with van der Waals surface area (Å²) in [6.07, 6.45) is 2.54. The monoisotopic (exact) mass is 292 g/mol. The van der Waals surface area contributed by atoms with Crippen molar-refractivity contribution >= 4 is 11.8 Å². The fraction of sp³-hybridized carbons (Fsp3) is 0.882. The lowest BCUT2D eigenvalue weighted by atomic mass is 9.94. The number of nitrogens with one attached hydrogen (secondary N) is 1. The molecule has 118 valence electrons. The van der Waals surface area contributed by atoms with Gasteiger partial charge in [0.15, 0.2) is 0 Å². The quantitative estimate of drug-likeness (QED) is 0.867. The van der Waals surface area contributed by atoms with Crippen molar-refractivity contribution in [1.82, 2.24) is 10.2 Å². The van der Waals surface area contributed by atoms with Gasteiger partial charge < -0.3 is 10.2 Å². The van der Waals surface area contributed by atoms with Crippen LogP contribution in [-0.4, -0.2) is 35.3 Å². The van der Waals surface area contributed by atoms with Gasteiger partial charge in [0.25, 0.3) is 0 Å². The summed E-state index contributed by atoms with van der Waals surface area (Å²) < 4.78 is 0. The summed E-state index contributed by atoms with van der Waals surface area (Å²) in [4.78, 5) is 26.9. The highest BCUT2D eigenvalue weighted by Crippen LogP contribution is 2.68. The molecule has 2 amide bonds. The SMILES string of the molecule is CC1(C2CC2)NC(=O)CCN(CC2C(C)(C)C2(C)C)C1=O. The second-order valence-electron chi connectivity index (χ2n) is 8.52. The Morgan fingerprint density at radius 3 is 2.14 bits per heavy atom. The molecule has 1 atom stereocenters. The van der Waals surface area contributed by atoms with Crippen LogP contribution in [0.15, 0.2) is 0 Å². The van der Waals surface area contributed by atoms with E-state index in [2.05, 4.69) is 33.0 Å². The predicted octanol–water partition coefficient (Wildman–Crippen LogP) is 2.19. The average Bonchev–Trinajstić information content (AvgIpc) is 3.25. The summed E-state index contributed by atoms with van der Waals surface area (Å²) in [5.41, 5.74) is -0.128. The van der Waals surface area contributed by atoms with E-state index in [4.69, 9.17) is 0 Å². The predicted molar refractivity (Wildman–Crippen MR) is 81.5 cm³/mol. The van der Waals surface area contributed by atoms with Gasteiger partial charge in [0.05, 0.1) is 0 Å². The van der Waals surface area contributed by atoms with Crippen LogP contribution in [0, 0.1) is 22.7 Å². The molecular formula is C17H28N2O2. The first-order valence-corrected chi connectivity index (χ1v) is 8.21. The summed E-state index contributed by atoms with van der Waals surface area (Å²) in [7, 11) is 0. The Balaban J connectivity index is 1.79. The maximum Gasteiger partial charge on any atom is 0.248 e. The van der Waals surface area contributed by atoms with Crippen molar-refractivity contribution in [3.05, 3.63) is 0 Å². The highest BCUT2D eigenvalue weighted by molar-refractivity contribution is 5.93. The summed E-state index contributed by atoms with van der Waals surface area (Å²) in [6.45, 7) is 12.4. The minimum absolute atomic E-state index is 0.0227. The first-order valence-electron chi connectivity index (χ1n) is 8.21. The Hall–Kier alpha value is -1.06. The molecule has 0 aromatic carbocycles. The minimum atomic E-state index is -0.670. The number of nitrogens with zero attached hydrogens (tertiary/aromatic N) is 1. The van der Waals surface area contributed by atoms with E-state index in [1.165, 1.54) is 0 Å². The van der Waals surface area contributed by atoms with Crippen LogP contribution in [0.5, 0.6) is 0 Å². The zero-order valence-electron chi connectivity index (χ0n) is 14.0. The molecule has 3 fully saturated rings. The summed E-state index contributed by atoms with van der Waals surface area (Å²) in [5, 5.41) is 3.00. The van der Waals surface area contributed by atoms with Gasteiger partial charge in [-0.3, -0.25) is 9.59 Å². The van der Waals surface area contributed by atoms with Gasteiger partial charge >= 0.3 is 0 Å². The molecule has 1 saturated heterocycles. The van der Waals surface area contributed by atoms with Crippen LogP contribution in [0.1, 0.15) is 53.9 Å². The molecule has 0 aromatic rings. The van der Waals surface area contributed by atoms with E-state index in [1.807, 2.05) is 11.8 Å². The second-order valence-corrected chi connectivity index (χ2v) is 8.52. The van der Waals surface area contributed by atoms with E-state index >= 15 is 0 Å². The smallest absolute Gasteiger partial charge is 0.248 e. The number of hydrogen-bond acceptors (Lipinski definition) is 2. The first kappa shape index (κ1) is 14.9. The summed E-state index contributed by atoms with van der Waals surface area (Å²) >= 11 is 0. The molecule has 0 radical (unpaired) electrons. The fourth-order valence-electron chi connectivity index (χ4n) is 4.19. The van der Waals surface area contributed by atoms with Crippen LogP contribution < -0.4 is 5.32 Å². The Morgan fingerprint density at radius 2 is 1.67 bits per heavy atom. The molecule has 4 heteroatoms. The average molecular weight is 292 g/mol. The molecule has 0 aromatic heterocycles. The Kier molecular flexibility index (Phi) is 3.00. The molecule has 1 N–H and O–H groups in total.